The summed E-state index contributed by atoms with van der Waals surface area (Å²) in [7, 11) is 0. The third kappa shape index (κ3) is 13.2. The molecule has 0 bridgehead atoms. The molecule has 18 nitrogen and oxygen atoms in total. The van der Waals surface area contributed by atoms with Gasteiger partial charge in [-0.15, -0.1) is 5.06 Å². The fraction of sp³-hybridized carbons (Fsp3) is 0.375. The van der Waals surface area contributed by atoms with E-state index in [2.05, 4.69) is 16.0 Å². The molecule has 0 aliphatic carbocycles. The Hall–Kier alpha value is -6.69. The van der Waals surface area contributed by atoms with Crippen molar-refractivity contribution in [1.82, 2.24) is 15.7 Å². The molecule has 1 aliphatic rings. The number of nitrogens with one attached hydrogen (secondary N) is 3. The lowest BCUT2D eigenvalue weighted by Crippen LogP contribution is -2.45. The molecule has 0 radical (unpaired) electrons. The van der Waals surface area contributed by atoms with E-state index in [0.29, 0.717) is 36.9 Å². The van der Waals surface area contributed by atoms with E-state index >= 15 is 0 Å². The fourth-order valence-electron chi connectivity index (χ4n) is 5.96. The molecule has 0 fully saturated rings. The molecule has 4 rings (SSSR count). The van der Waals surface area contributed by atoms with Gasteiger partial charge in [-0.25, -0.2) is 9.59 Å². The van der Waals surface area contributed by atoms with E-state index in [1.165, 1.54) is 24.3 Å². The van der Waals surface area contributed by atoms with Crippen LogP contribution < -0.4 is 26.4 Å². The smallest absolute Gasteiger partial charge is 0.429 e. The van der Waals surface area contributed by atoms with Gasteiger partial charge in [0, 0.05) is 43.1 Å². The maximum Gasteiger partial charge on any atom is 0.514 e. The number of nitro benzene ring substituents is 1. The molecular formula is C40H46N6O12. The minimum atomic E-state index is -1.02. The molecule has 0 unspecified atom stereocenters. The van der Waals surface area contributed by atoms with E-state index < -0.39 is 46.8 Å². The van der Waals surface area contributed by atoms with Gasteiger partial charge in [0.25, 0.3) is 17.5 Å². The van der Waals surface area contributed by atoms with Crippen LogP contribution in [0.25, 0.3) is 0 Å². The zero-order valence-corrected chi connectivity index (χ0v) is 32.1. The number of anilines is 1. The van der Waals surface area contributed by atoms with Gasteiger partial charge in [0.15, 0.2) is 5.78 Å². The molecule has 5 N–H and O–H groups in total. The number of imide groups is 1. The molecule has 58 heavy (non-hydrogen) atoms. The second-order valence-electron chi connectivity index (χ2n) is 13.8. The van der Waals surface area contributed by atoms with Crippen LogP contribution in [0.15, 0.2) is 72.8 Å². The molecular weight excluding hydrogens is 756 g/mol. The van der Waals surface area contributed by atoms with Crippen LogP contribution in [0.2, 0.25) is 0 Å². The Bertz CT molecular complexity index is 1930. The summed E-state index contributed by atoms with van der Waals surface area (Å²) in [4.78, 5) is 104. The first-order valence-electron chi connectivity index (χ1n) is 18.7. The molecule has 2 atom stereocenters. The van der Waals surface area contributed by atoms with E-state index in [1.54, 1.807) is 62.4 Å². The summed E-state index contributed by atoms with van der Waals surface area (Å²) in [5.41, 5.74) is 6.54. The zero-order chi connectivity index (χ0) is 42.2. The summed E-state index contributed by atoms with van der Waals surface area (Å²) < 4.78 is 10.1. The normalized spacial score (nSPS) is 13.0. The number of rotatable bonds is 22. The Balaban J connectivity index is 1.24. The van der Waals surface area contributed by atoms with Crippen molar-refractivity contribution >= 4 is 53.0 Å². The van der Waals surface area contributed by atoms with Gasteiger partial charge in [-0.05, 0) is 73.6 Å². The molecule has 0 saturated heterocycles. The van der Waals surface area contributed by atoms with Crippen molar-refractivity contribution in [3.8, 4) is 5.75 Å². The van der Waals surface area contributed by atoms with Gasteiger partial charge >= 0.3 is 12.2 Å². The molecule has 0 saturated carbocycles. The topological polar surface area (TPSA) is 256 Å². The van der Waals surface area contributed by atoms with Crippen LogP contribution in [-0.2, 0) is 30.6 Å². The molecule has 6 amide bonds. The lowest BCUT2D eigenvalue weighted by Gasteiger charge is -2.24. The Morgan fingerprint density at radius 1 is 0.862 bits per heavy atom. The van der Waals surface area contributed by atoms with Gasteiger partial charge in [0.05, 0.1) is 28.7 Å². The van der Waals surface area contributed by atoms with Crippen molar-refractivity contribution in [2.75, 3.05) is 18.5 Å². The number of ketones is 1. The predicted octanol–water partition coefficient (Wildman–Crippen LogP) is 5.20. The molecule has 18 heteroatoms. The summed E-state index contributed by atoms with van der Waals surface area (Å²) in [6.45, 7) is 3.68. The number of non-ortho nitro benzene ring substituents is 1. The van der Waals surface area contributed by atoms with E-state index in [9.17, 15) is 43.7 Å². The van der Waals surface area contributed by atoms with Gasteiger partial charge in [-0.1, -0.05) is 44.5 Å². The van der Waals surface area contributed by atoms with Crippen LogP contribution in [0.5, 0.6) is 5.75 Å². The number of Topliss-reactive ketones (excluding diaryl/α,β-unsaturated/α-hetero) is 1. The third-order valence-corrected chi connectivity index (χ3v) is 9.03. The number of hydrogen-bond donors (Lipinski definition) is 4. The number of benzene rings is 3. The number of carbonyl (C=O) groups is 7. The average Bonchev–Trinajstić information content (AvgIpc) is 3.43. The fourth-order valence-corrected chi connectivity index (χ4v) is 5.96. The first kappa shape index (κ1) is 44.0. The summed E-state index contributed by atoms with van der Waals surface area (Å²) in [6.07, 6.45) is 0.974. The number of amides is 6. The summed E-state index contributed by atoms with van der Waals surface area (Å²) in [5, 5.41) is 19.6. The highest BCUT2D eigenvalue weighted by Gasteiger charge is 2.36. The third-order valence-electron chi connectivity index (χ3n) is 9.03. The van der Waals surface area contributed by atoms with E-state index in [-0.39, 0.29) is 79.2 Å². The van der Waals surface area contributed by atoms with Crippen LogP contribution in [-0.4, -0.2) is 70.8 Å². The van der Waals surface area contributed by atoms with Crippen LogP contribution in [0.1, 0.15) is 85.1 Å². The van der Waals surface area contributed by atoms with Crippen LogP contribution in [0.4, 0.5) is 21.0 Å². The highest BCUT2D eigenvalue weighted by molar-refractivity contribution is 6.20. The second kappa shape index (κ2) is 21.6. The largest absolute Gasteiger partial charge is 0.514 e. The SMILES string of the molecule is CC(C)[C@H](NC(=O)CCCCCON1C(=O)c2ccccc2C1=O)C(=O)C[C@@H](CCCNC(N)=O)C(=O)Nc1ccc(COC(=O)Oc2ccc([N+](=O)[O-])cc2)cc1. The van der Waals surface area contributed by atoms with Gasteiger partial charge in [-0.3, -0.25) is 38.9 Å². The highest BCUT2D eigenvalue weighted by atomic mass is 16.7. The van der Waals surface area contributed by atoms with Crippen molar-refractivity contribution in [2.24, 2.45) is 17.6 Å². The maximum absolute atomic E-state index is 13.6. The Kier molecular flexibility index (Phi) is 16.4. The van der Waals surface area contributed by atoms with Crippen molar-refractivity contribution in [3.05, 3.63) is 99.6 Å². The number of unbranched alkanes of at least 4 members (excludes halogenated alkanes) is 2. The lowest BCUT2D eigenvalue weighted by molar-refractivity contribution is -0.384. The van der Waals surface area contributed by atoms with Crippen molar-refractivity contribution in [3.63, 3.8) is 0 Å². The molecule has 0 spiro atoms. The monoisotopic (exact) mass is 802 g/mol. The van der Waals surface area contributed by atoms with Gasteiger partial charge in [-0.2, -0.15) is 0 Å². The molecule has 3 aromatic carbocycles. The molecule has 1 aliphatic heterocycles. The van der Waals surface area contributed by atoms with Crippen molar-refractivity contribution in [1.29, 1.82) is 0 Å². The predicted molar refractivity (Wildman–Crippen MR) is 207 cm³/mol. The van der Waals surface area contributed by atoms with Crippen molar-refractivity contribution < 1.29 is 52.8 Å². The highest BCUT2D eigenvalue weighted by Crippen LogP contribution is 2.24. The Morgan fingerprint density at radius 3 is 2.12 bits per heavy atom. The van der Waals surface area contributed by atoms with Crippen molar-refractivity contribution in [2.45, 2.75) is 71.4 Å². The zero-order valence-electron chi connectivity index (χ0n) is 32.1. The van der Waals surface area contributed by atoms with Gasteiger partial charge in [0.1, 0.15) is 12.4 Å². The van der Waals surface area contributed by atoms with Gasteiger partial charge < -0.3 is 31.2 Å². The number of hydrogen-bond acceptors (Lipinski definition) is 12. The standard InChI is InChI=1S/C40H46N6O12/c1-25(2)35(44-34(48)12-4-3-7-22-57-45-37(50)31-10-5-6-11-32(31)38(45)51)33(47)23-27(9-8-21-42-39(41)52)36(49)43-28-15-13-26(14-16-28)24-56-40(53)58-30-19-17-29(18-20-30)46(54)55/h5-6,10-11,13-20,25,27,35H,3-4,7-9,12,21-24H2,1-2H3,(H,43,49)(H,44,48)(H3,41,42,52)/t27-,35+/m1/s1. The molecule has 3 aromatic rings. The Morgan fingerprint density at radius 2 is 1.52 bits per heavy atom. The quantitative estimate of drug-likeness (QED) is 0.0255. The van der Waals surface area contributed by atoms with E-state index in [1.807, 2.05) is 0 Å². The minimum Gasteiger partial charge on any atom is -0.429 e. The van der Waals surface area contributed by atoms with E-state index in [4.69, 9.17) is 20.0 Å². The number of nitrogens with two attached hydrogens (primary N) is 1. The number of ether oxygens (including phenoxy) is 2. The molecule has 1 heterocycles. The number of urea groups is 1. The van der Waals surface area contributed by atoms with Crippen LogP contribution in [0.3, 0.4) is 0 Å². The summed E-state index contributed by atoms with van der Waals surface area (Å²) >= 11 is 0. The summed E-state index contributed by atoms with van der Waals surface area (Å²) in [6, 6.07) is 16.1. The number of nitrogens with zero attached hydrogens (tertiary/aromatic N) is 2. The minimum absolute atomic E-state index is 0.0639. The number of carbonyl (C=O) groups excluding carboxylic acids is 7. The second-order valence-corrected chi connectivity index (χ2v) is 13.8. The summed E-state index contributed by atoms with van der Waals surface area (Å²) in [5.74, 6) is -3.22. The first-order chi connectivity index (χ1) is 27.7. The number of nitro groups is 1. The van der Waals surface area contributed by atoms with Crippen LogP contribution in [0, 0.1) is 22.0 Å². The molecule has 0 aromatic heterocycles. The van der Waals surface area contributed by atoms with E-state index in [0.717, 1.165) is 5.06 Å². The molecule has 308 valence electrons. The lowest BCUT2D eigenvalue weighted by atomic mass is 9.89. The first-order valence-corrected chi connectivity index (χ1v) is 18.7. The number of hydroxylamine groups is 2. The van der Waals surface area contributed by atoms with Crippen LogP contribution >= 0.6 is 0 Å². The maximum atomic E-state index is 13.6. The number of fused-ring (bicyclic) bond motifs is 1. The Labute approximate surface area is 333 Å². The van der Waals surface area contributed by atoms with Gasteiger partial charge in [0.2, 0.25) is 11.8 Å². The number of primary amides is 1. The average molecular weight is 803 g/mol.